The molecule has 21 heavy (non-hydrogen) atoms. The molecule has 0 saturated carbocycles. The molecule has 2 aromatic rings. The highest BCUT2D eigenvalue weighted by Gasteiger charge is 2.16. The maximum absolute atomic E-state index is 12.3. The van der Waals surface area contributed by atoms with Gasteiger partial charge in [-0.25, -0.2) is 4.79 Å². The van der Waals surface area contributed by atoms with Crippen molar-refractivity contribution in [1.82, 2.24) is 0 Å². The highest BCUT2D eigenvalue weighted by atomic mass is 32.1. The normalized spacial score (nSPS) is 10.4. The summed E-state index contributed by atoms with van der Waals surface area (Å²) in [6, 6.07) is 8.30. The molecule has 1 aromatic heterocycles. The molecule has 1 aromatic carbocycles. The molecule has 2 rings (SSSR count). The van der Waals surface area contributed by atoms with Crippen LogP contribution in [0.4, 0.5) is 13.8 Å². The van der Waals surface area contributed by atoms with Gasteiger partial charge in [0.1, 0.15) is 10.6 Å². The predicted octanol–water partition coefficient (Wildman–Crippen LogP) is 3.30. The maximum atomic E-state index is 12.3. The third kappa shape index (κ3) is 3.76. The average molecular weight is 313 g/mol. The van der Waals surface area contributed by atoms with Crippen molar-refractivity contribution in [3.8, 4) is 5.75 Å². The van der Waals surface area contributed by atoms with Gasteiger partial charge in [0, 0.05) is 0 Å². The number of ether oxygens (including phenoxy) is 1. The second-order valence-electron chi connectivity index (χ2n) is 3.80. The smallest absolute Gasteiger partial charge is 0.387 e. The fourth-order valence-electron chi connectivity index (χ4n) is 1.55. The summed E-state index contributed by atoms with van der Waals surface area (Å²) in [5, 5.41) is 11.5. The van der Waals surface area contributed by atoms with Gasteiger partial charge in [0.05, 0.1) is 10.6 Å². The summed E-state index contributed by atoms with van der Waals surface area (Å²) in [6.07, 6.45) is 0. The molecular weight excluding hydrogens is 304 g/mol. The molecule has 1 heterocycles. The number of rotatable bonds is 5. The number of alkyl halides is 2. The fraction of sp³-hybridized carbons (Fsp3) is 0.0769. The van der Waals surface area contributed by atoms with Crippen LogP contribution >= 0.6 is 11.3 Å². The molecule has 0 aliphatic heterocycles. The first-order valence-corrected chi connectivity index (χ1v) is 6.47. The Morgan fingerprint density at radius 2 is 1.90 bits per heavy atom. The number of carbonyl (C=O) groups excluding carboxylic acids is 1. The Bertz CT molecular complexity index is 672. The number of carbonyl (C=O) groups is 2. The summed E-state index contributed by atoms with van der Waals surface area (Å²) < 4.78 is 28.8. The van der Waals surface area contributed by atoms with Crippen LogP contribution in [0.1, 0.15) is 20.0 Å². The molecule has 0 aliphatic rings. The van der Waals surface area contributed by atoms with E-state index in [0.29, 0.717) is 5.00 Å². The lowest BCUT2D eigenvalue weighted by Gasteiger charge is -2.09. The van der Waals surface area contributed by atoms with Gasteiger partial charge in [-0.2, -0.15) is 8.78 Å². The van der Waals surface area contributed by atoms with Gasteiger partial charge in [-0.1, -0.05) is 12.1 Å². The molecule has 0 aliphatic carbocycles. The molecule has 0 fully saturated rings. The van der Waals surface area contributed by atoms with Crippen molar-refractivity contribution in [2.24, 2.45) is 0 Å². The number of thiophene rings is 1. The van der Waals surface area contributed by atoms with Crippen LogP contribution in [-0.4, -0.2) is 23.6 Å². The third-order valence-corrected chi connectivity index (χ3v) is 3.39. The van der Waals surface area contributed by atoms with Gasteiger partial charge in [-0.15, -0.1) is 11.3 Å². The zero-order valence-electron chi connectivity index (χ0n) is 10.4. The molecular formula is C13H9F2NO4S. The minimum atomic E-state index is -3.04. The molecule has 2 N–H and O–H groups in total. The number of benzene rings is 1. The van der Waals surface area contributed by atoms with Gasteiger partial charge in [-0.3, -0.25) is 4.79 Å². The van der Waals surface area contributed by atoms with E-state index in [0.717, 1.165) is 11.3 Å². The molecule has 0 bridgehead atoms. The van der Waals surface area contributed by atoms with Gasteiger partial charge in [-0.05, 0) is 24.3 Å². The Morgan fingerprint density at radius 1 is 1.19 bits per heavy atom. The number of halogens is 2. The van der Waals surface area contributed by atoms with Crippen LogP contribution in [0.5, 0.6) is 5.75 Å². The second kappa shape index (κ2) is 6.31. The van der Waals surface area contributed by atoms with Gasteiger partial charge >= 0.3 is 12.6 Å². The number of para-hydroxylation sites is 1. The van der Waals surface area contributed by atoms with Gasteiger partial charge in [0.15, 0.2) is 0 Å². The zero-order valence-corrected chi connectivity index (χ0v) is 11.2. The summed E-state index contributed by atoms with van der Waals surface area (Å²) in [4.78, 5) is 22.8. The van der Waals surface area contributed by atoms with Crippen molar-refractivity contribution in [3.05, 3.63) is 46.8 Å². The highest BCUT2D eigenvalue weighted by molar-refractivity contribution is 7.18. The average Bonchev–Trinajstić information content (AvgIpc) is 2.87. The van der Waals surface area contributed by atoms with Gasteiger partial charge in [0.25, 0.3) is 5.91 Å². The van der Waals surface area contributed by atoms with Gasteiger partial charge in [0.2, 0.25) is 0 Å². The summed E-state index contributed by atoms with van der Waals surface area (Å²) >= 11 is 0.863. The monoisotopic (exact) mass is 313 g/mol. The second-order valence-corrected chi connectivity index (χ2v) is 4.88. The van der Waals surface area contributed by atoms with Crippen LogP contribution in [0.2, 0.25) is 0 Å². The number of nitrogens with one attached hydrogen (secondary N) is 1. The molecule has 0 atom stereocenters. The standard InChI is InChI=1S/C13H9F2NO4S/c14-13(15)20-8-4-2-1-3-7(8)11(17)16-10-6-5-9(21-10)12(18)19/h1-6,13H,(H,16,17)(H,18,19). The number of amides is 1. The number of hydrogen-bond donors (Lipinski definition) is 2. The maximum Gasteiger partial charge on any atom is 0.387 e. The summed E-state index contributed by atoms with van der Waals surface area (Å²) in [5.41, 5.74) is -0.0666. The van der Waals surface area contributed by atoms with Crippen molar-refractivity contribution in [1.29, 1.82) is 0 Å². The van der Waals surface area contributed by atoms with Crippen molar-refractivity contribution >= 4 is 28.2 Å². The molecule has 110 valence electrons. The minimum Gasteiger partial charge on any atom is -0.477 e. The van der Waals surface area contributed by atoms with Crippen LogP contribution < -0.4 is 10.1 Å². The van der Waals surface area contributed by atoms with E-state index in [2.05, 4.69) is 10.1 Å². The summed E-state index contributed by atoms with van der Waals surface area (Å²) in [6.45, 7) is -3.04. The van der Waals surface area contributed by atoms with E-state index in [9.17, 15) is 18.4 Å². The first kappa shape index (κ1) is 14.9. The van der Waals surface area contributed by atoms with E-state index >= 15 is 0 Å². The lowest BCUT2D eigenvalue weighted by molar-refractivity contribution is -0.0501. The third-order valence-electron chi connectivity index (χ3n) is 2.40. The predicted molar refractivity (Wildman–Crippen MR) is 72.3 cm³/mol. The first-order chi connectivity index (χ1) is 9.97. The number of anilines is 1. The largest absolute Gasteiger partial charge is 0.477 e. The van der Waals surface area contributed by atoms with E-state index in [1.165, 1.54) is 36.4 Å². The molecule has 5 nitrogen and oxygen atoms in total. The molecule has 1 amide bonds. The van der Waals surface area contributed by atoms with Crippen LogP contribution in [0.25, 0.3) is 0 Å². The van der Waals surface area contributed by atoms with Crippen molar-refractivity contribution < 1.29 is 28.2 Å². The van der Waals surface area contributed by atoms with Crippen molar-refractivity contribution in [2.75, 3.05) is 5.32 Å². The van der Waals surface area contributed by atoms with Crippen LogP contribution in [0.3, 0.4) is 0 Å². The van der Waals surface area contributed by atoms with Crippen LogP contribution in [-0.2, 0) is 0 Å². The number of carboxylic acid groups (broad SMARTS) is 1. The summed E-state index contributed by atoms with van der Waals surface area (Å²) in [7, 11) is 0. The lowest BCUT2D eigenvalue weighted by Crippen LogP contribution is -2.14. The number of aromatic carboxylic acids is 1. The quantitative estimate of drug-likeness (QED) is 0.888. The van der Waals surface area contributed by atoms with E-state index in [1.807, 2.05) is 0 Å². The van der Waals surface area contributed by atoms with Crippen molar-refractivity contribution in [3.63, 3.8) is 0 Å². The van der Waals surface area contributed by atoms with E-state index in [1.54, 1.807) is 0 Å². The fourth-order valence-corrected chi connectivity index (χ4v) is 2.29. The lowest BCUT2D eigenvalue weighted by atomic mass is 10.2. The Labute approximate surface area is 121 Å². The summed E-state index contributed by atoms with van der Waals surface area (Å²) in [5.74, 6) is -2.02. The number of carboxylic acids is 1. The van der Waals surface area contributed by atoms with E-state index < -0.39 is 18.5 Å². The van der Waals surface area contributed by atoms with Crippen molar-refractivity contribution in [2.45, 2.75) is 6.61 Å². The van der Waals surface area contributed by atoms with Crippen LogP contribution in [0.15, 0.2) is 36.4 Å². The molecule has 0 radical (unpaired) electrons. The Morgan fingerprint density at radius 3 is 2.52 bits per heavy atom. The Hall–Kier alpha value is -2.48. The number of hydrogen-bond acceptors (Lipinski definition) is 4. The van der Waals surface area contributed by atoms with E-state index in [4.69, 9.17) is 5.11 Å². The van der Waals surface area contributed by atoms with Crippen LogP contribution in [0, 0.1) is 0 Å². The topological polar surface area (TPSA) is 75.6 Å². The molecule has 0 spiro atoms. The molecule has 8 heteroatoms. The molecule has 0 saturated heterocycles. The highest BCUT2D eigenvalue weighted by Crippen LogP contribution is 2.25. The zero-order chi connectivity index (χ0) is 15.4. The minimum absolute atomic E-state index is 0.0578. The van der Waals surface area contributed by atoms with E-state index in [-0.39, 0.29) is 16.2 Å². The SMILES string of the molecule is O=C(O)c1ccc(NC(=O)c2ccccc2OC(F)F)s1. The Balaban J connectivity index is 2.18. The van der Waals surface area contributed by atoms with Gasteiger partial charge < -0.3 is 15.2 Å². The molecule has 0 unspecified atom stereocenters. The first-order valence-electron chi connectivity index (χ1n) is 5.65. The Kier molecular flexibility index (Phi) is 4.49.